The zero-order chi connectivity index (χ0) is 13.0. The van der Waals surface area contributed by atoms with Crippen molar-refractivity contribution >= 4 is 48.0 Å². The molecule has 1 saturated heterocycles. The monoisotopic (exact) mass is 359 g/mol. The SMILES string of the molecule is CCC[C@@H](c1c(Cl)cncc1Cl)N1CCNCC1.Cl.Cl. The largest absolute Gasteiger partial charge is 0.314 e. The summed E-state index contributed by atoms with van der Waals surface area (Å²) in [6.45, 7) is 6.33. The Morgan fingerprint density at radius 2 is 1.75 bits per heavy atom. The molecule has 2 rings (SSSR count). The summed E-state index contributed by atoms with van der Waals surface area (Å²) in [5, 5.41) is 4.73. The van der Waals surface area contributed by atoms with E-state index >= 15 is 0 Å². The van der Waals surface area contributed by atoms with E-state index in [9.17, 15) is 0 Å². The van der Waals surface area contributed by atoms with Crippen molar-refractivity contribution in [2.24, 2.45) is 0 Å². The highest BCUT2D eigenvalue weighted by molar-refractivity contribution is 6.35. The third kappa shape index (κ3) is 4.90. The minimum Gasteiger partial charge on any atom is -0.314 e. The van der Waals surface area contributed by atoms with Gasteiger partial charge in [0.05, 0.1) is 10.0 Å². The lowest BCUT2D eigenvalue weighted by Gasteiger charge is -2.35. The van der Waals surface area contributed by atoms with Crippen molar-refractivity contribution in [3.05, 3.63) is 28.0 Å². The second-order valence-corrected chi connectivity index (χ2v) is 5.42. The number of halogens is 4. The van der Waals surface area contributed by atoms with Gasteiger partial charge in [-0.1, -0.05) is 36.5 Å². The molecule has 1 atom stereocenters. The first-order valence-electron chi connectivity index (χ1n) is 6.47. The van der Waals surface area contributed by atoms with Crippen LogP contribution in [0.3, 0.4) is 0 Å². The molecule has 0 bridgehead atoms. The number of pyridine rings is 1. The summed E-state index contributed by atoms with van der Waals surface area (Å²) in [5.41, 5.74) is 1.04. The number of nitrogens with zero attached hydrogens (tertiary/aromatic N) is 2. The summed E-state index contributed by atoms with van der Waals surface area (Å²) in [4.78, 5) is 6.50. The van der Waals surface area contributed by atoms with Gasteiger partial charge in [0.2, 0.25) is 0 Å². The van der Waals surface area contributed by atoms with Crippen LogP contribution in [0.5, 0.6) is 0 Å². The molecule has 1 aliphatic rings. The van der Waals surface area contributed by atoms with Gasteiger partial charge in [-0.25, -0.2) is 0 Å². The van der Waals surface area contributed by atoms with Crippen molar-refractivity contribution in [3.8, 4) is 0 Å². The van der Waals surface area contributed by atoms with Crippen LogP contribution in [-0.2, 0) is 0 Å². The molecule has 0 spiro atoms. The first kappa shape index (κ1) is 20.2. The van der Waals surface area contributed by atoms with Crippen molar-refractivity contribution < 1.29 is 0 Å². The van der Waals surface area contributed by atoms with E-state index in [-0.39, 0.29) is 24.8 Å². The van der Waals surface area contributed by atoms with Crippen molar-refractivity contribution in [2.75, 3.05) is 26.2 Å². The lowest BCUT2D eigenvalue weighted by molar-refractivity contribution is 0.164. The third-order valence-corrected chi connectivity index (χ3v) is 3.98. The Bertz CT molecular complexity index is 377. The summed E-state index contributed by atoms with van der Waals surface area (Å²) in [6, 6.07) is 0.306. The predicted octanol–water partition coefficient (Wildman–Crippen LogP) is 3.98. The molecule has 7 heteroatoms. The number of hydrogen-bond donors (Lipinski definition) is 1. The summed E-state index contributed by atoms with van der Waals surface area (Å²) in [5.74, 6) is 0. The molecule has 0 aromatic carbocycles. The Morgan fingerprint density at radius 3 is 2.25 bits per heavy atom. The van der Waals surface area contributed by atoms with E-state index in [1.54, 1.807) is 12.4 Å². The fourth-order valence-corrected chi connectivity index (χ4v) is 3.13. The van der Waals surface area contributed by atoms with Crippen LogP contribution in [0.4, 0.5) is 0 Å². The van der Waals surface area contributed by atoms with Gasteiger partial charge in [0, 0.05) is 50.2 Å². The average molecular weight is 361 g/mol. The molecule has 1 aliphatic heterocycles. The van der Waals surface area contributed by atoms with E-state index < -0.39 is 0 Å². The molecule has 1 aromatic rings. The first-order valence-corrected chi connectivity index (χ1v) is 7.23. The summed E-state index contributed by atoms with van der Waals surface area (Å²) in [7, 11) is 0. The van der Waals surface area contributed by atoms with Gasteiger partial charge in [0.1, 0.15) is 0 Å². The average Bonchev–Trinajstić information content (AvgIpc) is 2.38. The number of piperazine rings is 1. The quantitative estimate of drug-likeness (QED) is 0.880. The van der Waals surface area contributed by atoms with Gasteiger partial charge < -0.3 is 5.32 Å². The predicted molar refractivity (Wildman–Crippen MR) is 90.8 cm³/mol. The maximum absolute atomic E-state index is 6.29. The van der Waals surface area contributed by atoms with Crippen molar-refractivity contribution in [1.82, 2.24) is 15.2 Å². The molecule has 20 heavy (non-hydrogen) atoms. The van der Waals surface area contributed by atoms with E-state index in [0.29, 0.717) is 16.1 Å². The fourth-order valence-electron chi connectivity index (χ4n) is 2.52. The maximum atomic E-state index is 6.29. The number of rotatable bonds is 4. The van der Waals surface area contributed by atoms with Crippen LogP contribution in [-0.4, -0.2) is 36.1 Å². The van der Waals surface area contributed by atoms with Crippen LogP contribution < -0.4 is 5.32 Å². The molecule has 1 fully saturated rings. The number of hydrogen-bond acceptors (Lipinski definition) is 3. The maximum Gasteiger partial charge on any atom is 0.0652 e. The van der Waals surface area contributed by atoms with Gasteiger partial charge in [-0.2, -0.15) is 0 Å². The lowest BCUT2D eigenvalue weighted by atomic mass is 10.0. The van der Waals surface area contributed by atoms with Crippen molar-refractivity contribution in [2.45, 2.75) is 25.8 Å². The van der Waals surface area contributed by atoms with Crippen LogP contribution in [0.1, 0.15) is 31.4 Å². The van der Waals surface area contributed by atoms with Crippen LogP contribution in [0.15, 0.2) is 12.4 Å². The Morgan fingerprint density at radius 1 is 1.20 bits per heavy atom. The summed E-state index contributed by atoms with van der Waals surface area (Å²) >= 11 is 12.6. The van der Waals surface area contributed by atoms with E-state index in [0.717, 1.165) is 44.6 Å². The minimum absolute atomic E-state index is 0. The molecule has 0 aliphatic carbocycles. The molecule has 0 amide bonds. The molecule has 0 radical (unpaired) electrons. The number of aromatic nitrogens is 1. The standard InChI is InChI=1S/C13H19Cl2N3.2ClH/c1-2-3-12(18-6-4-16-5-7-18)13-10(14)8-17-9-11(13)15;;/h8-9,12,16H,2-7H2,1H3;2*1H/t12-;;/m0../s1. The second-order valence-electron chi connectivity index (χ2n) is 4.61. The zero-order valence-corrected chi connectivity index (χ0v) is 14.6. The highest BCUT2D eigenvalue weighted by atomic mass is 35.5. The van der Waals surface area contributed by atoms with E-state index in [1.807, 2.05) is 0 Å². The first-order chi connectivity index (χ1) is 8.74. The molecular formula is C13H21Cl4N3. The smallest absolute Gasteiger partial charge is 0.0652 e. The molecule has 0 saturated carbocycles. The minimum atomic E-state index is 0. The van der Waals surface area contributed by atoms with Gasteiger partial charge in [-0.15, -0.1) is 24.8 Å². The normalized spacial score (nSPS) is 16.9. The van der Waals surface area contributed by atoms with Crippen LogP contribution in [0.2, 0.25) is 10.0 Å². The molecule has 116 valence electrons. The van der Waals surface area contributed by atoms with Crippen LogP contribution >= 0.6 is 48.0 Å². The highest BCUT2D eigenvalue weighted by Gasteiger charge is 2.25. The van der Waals surface area contributed by atoms with Gasteiger partial charge in [-0.3, -0.25) is 9.88 Å². The highest BCUT2D eigenvalue weighted by Crippen LogP contribution is 2.35. The lowest BCUT2D eigenvalue weighted by Crippen LogP contribution is -2.45. The Hall–Kier alpha value is 0.230. The third-order valence-electron chi connectivity index (χ3n) is 3.38. The molecule has 1 aromatic heterocycles. The molecule has 2 heterocycles. The molecule has 0 unspecified atom stereocenters. The molecular weight excluding hydrogens is 340 g/mol. The van der Waals surface area contributed by atoms with Crippen molar-refractivity contribution in [1.29, 1.82) is 0 Å². The van der Waals surface area contributed by atoms with E-state index in [4.69, 9.17) is 23.2 Å². The Balaban J connectivity index is 0.00000180. The van der Waals surface area contributed by atoms with Crippen LogP contribution in [0.25, 0.3) is 0 Å². The molecule has 1 N–H and O–H groups in total. The Kier molecular flexibility index (Phi) is 10.2. The van der Waals surface area contributed by atoms with Gasteiger partial charge >= 0.3 is 0 Å². The summed E-state index contributed by atoms with van der Waals surface area (Å²) < 4.78 is 0. The number of nitrogens with one attached hydrogen (secondary N) is 1. The zero-order valence-electron chi connectivity index (χ0n) is 11.4. The van der Waals surface area contributed by atoms with E-state index in [2.05, 4.69) is 22.1 Å². The van der Waals surface area contributed by atoms with Gasteiger partial charge in [-0.05, 0) is 6.42 Å². The van der Waals surface area contributed by atoms with Gasteiger partial charge in [0.15, 0.2) is 0 Å². The van der Waals surface area contributed by atoms with E-state index in [1.165, 1.54) is 0 Å². The van der Waals surface area contributed by atoms with Crippen LogP contribution in [0, 0.1) is 0 Å². The Labute approximate surface area is 143 Å². The second kappa shape index (κ2) is 10.0. The fraction of sp³-hybridized carbons (Fsp3) is 0.615. The topological polar surface area (TPSA) is 28.2 Å². The molecule has 3 nitrogen and oxygen atoms in total. The summed E-state index contributed by atoms with van der Waals surface area (Å²) in [6.07, 6.45) is 5.56. The van der Waals surface area contributed by atoms with Gasteiger partial charge in [0.25, 0.3) is 0 Å². The van der Waals surface area contributed by atoms with Crippen molar-refractivity contribution in [3.63, 3.8) is 0 Å².